The second kappa shape index (κ2) is 11.8. The second-order valence-electron chi connectivity index (χ2n) is 13.2. The third-order valence-corrected chi connectivity index (χ3v) is 10.5. The van der Waals surface area contributed by atoms with Gasteiger partial charge in [-0.15, -0.1) is 0 Å². The van der Waals surface area contributed by atoms with Gasteiger partial charge in [-0.25, -0.2) is 0 Å². The van der Waals surface area contributed by atoms with Crippen LogP contribution in [0.1, 0.15) is 22.3 Å². The summed E-state index contributed by atoms with van der Waals surface area (Å²) < 4.78 is 7.34. The summed E-state index contributed by atoms with van der Waals surface area (Å²) in [5.74, 6) is 0. The quantitative estimate of drug-likeness (QED) is 0.178. The zero-order valence-corrected chi connectivity index (χ0v) is 27.9. The Bertz CT molecular complexity index is 2580. The molecule has 0 amide bonds. The zero-order valence-electron chi connectivity index (χ0n) is 27.9. The molecule has 0 bridgehead atoms. The molecule has 8 aromatic carbocycles. The molecule has 1 heterocycles. The summed E-state index contributed by atoms with van der Waals surface area (Å²) in [5, 5.41) is 2.19. The van der Waals surface area contributed by atoms with Gasteiger partial charge in [-0.05, 0) is 63.7 Å². The molecule has 1 aliphatic carbocycles. The molecule has 240 valence electrons. The Kier molecular flexibility index (Phi) is 6.75. The first-order valence-corrected chi connectivity index (χ1v) is 17.5. The summed E-state index contributed by atoms with van der Waals surface area (Å²) in [4.78, 5) is 2.40. The van der Waals surface area contributed by atoms with Crippen molar-refractivity contribution in [2.75, 3.05) is 4.90 Å². The molecule has 0 aliphatic heterocycles. The van der Waals surface area contributed by atoms with Gasteiger partial charge in [-0.2, -0.15) is 0 Å². The molecule has 1 aliphatic rings. The van der Waals surface area contributed by atoms with Crippen LogP contribution in [0.15, 0.2) is 205 Å². The van der Waals surface area contributed by atoms with Gasteiger partial charge in [0.05, 0.1) is 16.5 Å². The van der Waals surface area contributed by atoms with E-state index in [-0.39, 0.29) is 0 Å². The highest BCUT2D eigenvalue weighted by Gasteiger charge is 2.48. The van der Waals surface area contributed by atoms with E-state index in [2.05, 4.69) is 205 Å². The fourth-order valence-corrected chi connectivity index (χ4v) is 8.46. The van der Waals surface area contributed by atoms with Gasteiger partial charge in [-0.3, -0.25) is 0 Å². The zero-order chi connectivity index (χ0) is 33.8. The van der Waals surface area contributed by atoms with Crippen molar-refractivity contribution in [1.82, 2.24) is 0 Å². The SMILES string of the molecule is c1ccc(-c2cccc3c2oc2c4c(cc(N(c5ccccc5)c5ccccc5)c23)C(c2ccccc2)(c2ccccc2)c2ccccc2-4)cc1. The van der Waals surface area contributed by atoms with Crippen molar-refractivity contribution in [2.24, 2.45) is 0 Å². The van der Waals surface area contributed by atoms with E-state index < -0.39 is 5.41 Å². The molecule has 0 fully saturated rings. The van der Waals surface area contributed by atoms with E-state index in [1.807, 2.05) is 0 Å². The number of anilines is 3. The van der Waals surface area contributed by atoms with E-state index in [9.17, 15) is 0 Å². The number of hydrogen-bond acceptors (Lipinski definition) is 2. The minimum atomic E-state index is -0.586. The van der Waals surface area contributed by atoms with Gasteiger partial charge in [0.2, 0.25) is 0 Å². The van der Waals surface area contributed by atoms with E-state index in [1.165, 1.54) is 27.8 Å². The van der Waals surface area contributed by atoms with E-state index in [0.717, 1.165) is 55.7 Å². The Labute approximate surface area is 297 Å². The molecule has 51 heavy (non-hydrogen) atoms. The lowest BCUT2D eigenvalue weighted by molar-refractivity contribution is 0.670. The van der Waals surface area contributed by atoms with Crippen molar-refractivity contribution in [3.05, 3.63) is 222 Å². The van der Waals surface area contributed by atoms with Crippen molar-refractivity contribution in [3.63, 3.8) is 0 Å². The fraction of sp³-hybridized carbons (Fsp3) is 0.0204. The van der Waals surface area contributed by atoms with Crippen molar-refractivity contribution >= 4 is 39.0 Å². The van der Waals surface area contributed by atoms with Gasteiger partial charge in [0, 0.05) is 27.9 Å². The number of nitrogens with zero attached hydrogens (tertiary/aromatic N) is 1. The predicted molar refractivity (Wildman–Crippen MR) is 211 cm³/mol. The van der Waals surface area contributed by atoms with Crippen LogP contribution < -0.4 is 4.90 Å². The summed E-state index contributed by atoms with van der Waals surface area (Å²) in [7, 11) is 0. The Hall–Kier alpha value is -6.64. The van der Waals surface area contributed by atoms with Gasteiger partial charge in [0.25, 0.3) is 0 Å². The molecule has 2 nitrogen and oxygen atoms in total. The molecule has 10 rings (SSSR count). The lowest BCUT2D eigenvalue weighted by atomic mass is 9.67. The van der Waals surface area contributed by atoms with Gasteiger partial charge in [-0.1, -0.05) is 170 Å². The highest BCUT2D eigenvalue weighted by Crippen LogP contribution is 2.61. The molecule has 0 saturated carbocycles. The van der Waals surface area contributed by atoms with Crippen molar-refractivity contribution < 1.29 is 4.42 Å². The van der Waals surface area contributed by atoms with Crippen LogP contribution in [-0.2, 0) is 5.41 Å². The first-order chi connectivity index (χ1) is 25.3. The van der Waals surface area contributed by atoms with Gasteiger partial charge >= 0.3 is 0 Å². The number of fused-ring (bicyclic) bond motifs is 7. The van der Waals surface area contributed by atoms with Crippen molar-refractivity contribution in [1.29, 1.82) is 0 Å². The van der Waals surface area contributed by atoms with E-state index in [4.69, 9.17) is 4.42 Å². The number of para-hydroxylation sites is 3. The number of benzene rings is 8. The largest absolute Gasteiger partial charge is 0.455 e. The molecule has 0 atom stereocenters. The molecule has 1 aromatic heterocycles. The fourth-order valence-electron chi connectivity index (χ4n) is 8.46. The minimum Gasteiger partial charge on any atom is -0.455 e. The Morgan fingerprint density at radius 2 is 0.922 bits per heavy atom. The Balaban J connectivity index is 1.43. The third-order valence-electron chi connectivity index (χ3n) is 10.5. The molecule has 0 radical (unpaired) electrons. The topological polar surface area (TPSA) is 16.4 Å². The average Bonchev–Trinajstić information content (AvgIpc) is 3.74. The number of rotatable bonds is 6. The van der Waals surface area contributed by atoms with Crippen LogP contribution in [-0.4, -0.2) is 0 Å². The summed E-state index contributed by atoms with van der Waals surface area (Å²) in [5.41, 5.74) is 13.9. The minimum absolute atomic E-state index is 0.586. The maximum absolute atomic E-state index is 7.34. The van der Waals surface area contributed by atoms with E-state index >= 15 is 0 Å². The van der Waals surface area contributed by atoms with Gasteiger partial charge in [0.1, 0.15) is 11.2 Å². The standard InChI is InChI=1S/C49H33NO/c1-6-19-34(20-7-1)39-30-18-31-41-46-44(50(37-25-12-4-13-26-37)38-27-14-5-15-28-38)33-43-45(48(46)51-47(39)41)40-29-16-17-32-42(40)49(43,35-21-8-2-9-22-35)36-23-10-3-11-24-36/h1-33H. The molecule has 0 N–H and O–H groups in total. The number of furan rings is 1. The second-order valence-corrected chi connectivity index (χ2v) is 13.2. The monoisotopic (exact) mass is 651 g/mol. The maximum atomic E-state index is 7.34. The van der Waals surface area contributed by atoms with Crippen molar-refractivity contribution in [3.8, 4) is 22.3 Å². The molecular formula is C49H33NO. The molecular weight excluding hydrogens is 619 g/mol. The lowest BCUT2D eigenvalue weighted by Gasteiger charge is -2.35. The summed E-state index contributed by atoms with van der Waals surface area (Å²) >= 11 is 0. The molecule has 0 spiro atoms. The smallest absolute Gasteiger partial charge is 0.145 e. The predicted octanol–water partition coefficient (Wildman–Crippen LogP) is 13.1. The van der Waals surface area contributed by atoms with Crippen LogP contribution in [0, 0.1) is 0 Å². The lowest BCUT2D eigenvalue weighted by Crippen LogP contribution is -2.28. The van der Waals surface area contributed by atoms with E-state index in [1.54, 1.807) is 0 Å². The Morgan fingerprint density at radius 3 is 1.53 bits per heavy atom. The first-order valence-electron chi connectivity index (χ1n) is 17.5. The normalized spacial score (nSPS) is 12.9. The summed E-state index contributed by atoms with van der Waals surface area (Å²) in [6.45, 7) is 0. The Morgan fingerprint density at radius 1 is 0.412 bits per heavy atom. The van der Waals surface area contributed by atoms with Crippen LogP contribution in [0.2, 0.25) is 0 Å². The molecule has 9 aromatic rings. The average molecular weight is 652 g/mol. The highest BCUT2D eigenvalue weighted by atomic mass is 16.3. The highest BCUT2D eigenvalue weighted by molar-refractivity contribution is 6.21. The third kappa shape index (κ3) is 4.36. The van der Waals surface area contributed by atoms with Gasteiger partial charge < -0.3 is 9.32 Å². The number of hydrogen-bond donors (Lipinski definition) is 0. The summed E-state index contributed by atoms with van der Waals surface area (Å²) in [6, 6.07) is 71.9. The van der Waals surface area contributed by atoms with Crippen LogP contribution in [0.5, 0.6) is 0 Å². The van der Waals surface area contributed by atoms with Crippen LogP contribution >= 0.6 is 0 Å². The molecule has 0 unspecified atom stereocenters. The van der Waals surface area contributed by atoms with Crippen molar-refractivity contribution in [2.45, 2.75) is 5.41 Å². The molecule has 2 heteroatoms. The van der Waals surface area contributed by atoms with Crippen LogP contribution in [0.3, 0.4) is 0 Å². The van der Waals surface area contributed by atoms with Crippen LogP contribution in [0.4, 0.5) is 17.1 Å². The first kappa shape index (κ1) is 29.3. The van der Waals surface area contributed by atoms with Gasteiger partial charge in [0.15, 0.2) is 0 Å². The maximum Gasteiger partial charge on any atom is 0.145 e. The summed E-state index contributed by atoms with van der Waals surface area (Å²) in [6.07, 6.45) is 0. The molecule has 0 saturated heterocycles. The van der Waals surface area contributed by atoms with Crippen LogP contribution in [0.25, 0.3) is 44.2 Å². The van der Waals surface area contributed by atoms with E-state index in [0.29, 0.717) is 0 Å².